The molecule has 148 valence electrons. The lowest BCUT2D eigenvalue weighted by Gasteiger charge is -2.13. The van der Waals surface area contributed by atoms with E-state index >= 15 is 0 Å². The molecule has 0 aliphatic heterocycles. The Morgan fingerprint density at radius 3 is 2.76 bits per heavy atom. The van der Waals surface area contributed by atoms with Gasteiger partial charge in [0.05, 0.1) is 12.4 Å². The fourth-order valence-corrected chi connectivity index (χ4v) is 3.61. The highest BCUT2D eigenvalue weighted by molar-refractivity contribution is 5.86. The van der Waals surface area contributed by atoms with Crippen LogP contribution in [-0.2, 0) is 0 Å². The van der Waals surface area contributed by atoms with E-state index in [2.05, 4.69) is 56.1 Å². The van der Waals surface area contributed by atoms with Gasteiger partial charge in [0, 0.05) is 24.8 Å². The molecule has 0 saturated heterocycles. The van der Waals surface area contributed by atoms with Crippen LogP contribution in [0.25, 0.3) is 11.2 Å². The number of benzene rings is 1. The summed E-state index contributed by atoms with van der Waals surface area (Å²) in [6.07, 6.45) is 10.9. The number of imidazole rings is 1. The number of fused-ring (bicyclic) bond motifs is 1. The van der Waals surface area contributed by atoms with Gasteiger partial charge in [0.15, 0.2) is 17.0 Å². The predicted octanol–water partition coefficient (Wildman–Crippen LogP) is 3.57. The number of nitrogens with zero attached hydrogens (tertiary/aromatic N) is 5. The SMILES string of the molecule is Cc1ccc(/C=N\c2nc(NC3CC3)c3ncn([C@H]4C=C[C@@H](CO)C4)c3n2)cc1. The van der Waals surface area contributed by atoms with Crippen molar-refractivity contribution in [3.63, 3.8) is 0 Å². The van der Waals surface area contributed by atoms with Gasteiger partial charge in [-0.05, 0) is 31.7 Å². The summed E-state index contributed by atoms with van der Waals surface area (Å²) in [6.45, 7) is 2.23. The fourth-order valence-electron chi connectivity index (χ4n) is 3.61. The van der Waals surface area contributed by atoms with E-state index < -0.39 is 0 Å². The highest BCUT2D eigenvalue weighted by Crippen LogP contribution is 2.33. The van der Waals surface area contributed by atoms with Crippen LogP contribution >= 0.6 is 0 Å². The lowest BCUT2D eigenvalue weighted by Crippen LogP contribution is -2.09. The topological polar surface area (TPSA) is 88.2 Å². The van der Waals surface area contributed by atoms with Gasteiger partial charge in [-0.3, -0.25) is 0 Å². The minimum absolute atomic E-state index is 0.134. The van der Waals surface area contributed by atoms with Crippen LogP contribution in [0.5, 0.6) is 0 Å². The molecule has 2 aliphatic rings. The monoisotopic (exact) mass is 388 g/mol. The second-order valence-corrected chi connectivity index (χ2v) is 7.91. The van der Waals surface area contributed by atoms with Crippen molar-refractivity contribution < 1.29 is 5.11 Å². The first kappa shape index (κ1) is 18.0. The molecule has 5 rings (SSSR count). The van der Waals surface area contributed by atoms with Gasteiger partial charge in [-0.1, -0.05) is 42.0 Å². The van der Waals surface area contributed by atoms with E-state index in [1.165, 1.54) is 5.56 Å². The number of allylic oxidation sites excluding steroid dienone is 1. The van der Waals surface area contributed by atoms with Crippen LogP contribution in [0.4, 0.5) is 11.8 Å². The van der Waals surface area contributed by atoms with Crippen LogP contribution < -0.4 is 5.32 Å². The number of aryl methyl sites for hydroxylation is 1. The van der Waals surface area contributed by atoms with Crippen molar-refractivity contribution in [2.24, 2.45) is 10.9 Å². The number of aliphatic hydroxyl groups excluding tert-OH is 1. The standard InChI is InChI=1S/C22H24N6O/c1-14-2-4-15(5-3-14)11-23-22-26-20(25-17-7-8-17)19-21(27-22)28(13-24-19)18-9-6-16(10-18)12-29/h2-6,9,11,13,16-18,29H,7-8,10,12H2,1H3,(H,25,26,27)/b23-11-/t16-,18+/m1/s1. The van der Waals surface area contributed by atoms with Crippen LogP contribution in [0.15, 0.2) is 47.7 Å². The van der Waals surface area contributed by atoms with E-state index in [0.29, 0.717) is 12.0 Å². The van der Waals surface area contributed by atoms with Gasteiger partial charge in [-0.15, -0.1) is 0 Å². The third-order valence-corrected chi connectivity index (χ3v) is 5.48. The molecule has 2 N–H and O–H groups in total. The highest BCUT2D eigenvalue weighted by atomic mass is 16.3. The molecular weight excluding hydrogens is 364 g/mol. The Bertz CT molecular complexity index is 1080. The summed E-state index contributed by atoms with van der Waals surface area (Å²) in [5, 5.41) is 12.9. The van der Waals surface area contributed by atoms with E-state index in [1.54, 1.807) is 6.21 Å². The van der Waals surface area contributed by atoms with Crippen LogP contribution in [0.1, 0.15) is 36.4 Å². The molecule has 0 unspecified atom stereocenters. The van der Waals surface area contributed by atoms with Crippen molar-refractivity contribution in [1.82, 2.24) is 19.5 Å². The van der Waals surface area contributed by atoms with Gasteiger partial charge >= 0.3 is 0 Å². The summed E-state index contributed by atoms with van der Waals surface area (Å²) in [6, 6.07) is 8.77. The van der Waals surface area contributed by atoms with Gasteiger partial charge in [0.1, 0.15) is 0 Å². The van der Waals surface area contributed by atoms with Crippen molar-refractivity contribution >= 4 is 29.1 Å². The van der Waals surface area contributed by atoms with Gasteiger partial charge in [-0.2, -0.15) is 9.97 Å². The first-order valence-electron chi connectivity index (χ1n) is 10.1. The largest absolute Gasteiger partial charge is 0.396 e. The minimum atomic E-state index is 0.134. The molecule has 2 aromatic heterocycles. The van der Waals surface area contributed by atoms with Crippen LogP contribution in [-0.4, -0.2) is 43.5 Å². The lowest BCUT2D eigenvalue weighted by atomic mass is 10.1. The molecule has 1 aromatic carbocycles. The first-order valence-corrected chi connectivity index (χ1v) is 10.1. The number of hydrogen-bond donors (Lipinski definition) is 2. The third kappa shape index (κ3) is 3.78. The quantitative estimate of drug-likeness (QED) is 0.498. The van der Waals surface area contributed by atoms with E-state index in [9.17, 15) is 5.11 Å². The molecule has 0 spiro atoms. The van der Waals surface area contributed by atoms with E-state index in [-0.39, 0.29) is 18.6 Å². The number of aliphatic imine (C=N–C) groups is 1. The third-order valence-electron chi connectivity index (χ3n) is 5.48. The van der Waals surface area contributed by atoms with E-state index in [4.69, 9.17) is 4.98 Å². The average Bonchev–Trinajstić information content (AvgIpc) is 3.25. The Morgan fingerprint density at radius 1 is 1.21 bits per heavy atom. The normalized spacial score (nSPS) is 21.4. The molecule has 2 atom stereocenters. The zero-order valence-corrected chi connectivity index (χ0v) is 16.4. The van der Waals surface area contributed by atoms with E-state index in [0.717, 1.165) is 41.8 Å². The van der Waals surface area contributed by atoms with E-state index in [1.807, 2.05) is 18.5 Å². The summed E-state index contributed by atoms with van der Waals surface area (Å²) in [4.78, 5) is 18.5. The highest BCUT2D eigenvalue weighted by Gasteiger charge is 2.26. The van der Waals surface area contributed by atoms with Crippen molar-refractivity contribution in [3.05, 3.63) is 53.9 Å². The summed E-state index contributed by atoms with van der Waals surface area (Å²) in [5.41, 5.74) is 3.76. The van der Waals surface area contributed by atoms with Gasteiger partial charge in [0.2, 0.25) is 0 Å². The van der Waals surface area contributed by atoms with Gasteiger partial charge < -0.3 is 15.0 Å². The predicted molar refractivity (Wildman–Crippen MR) is 114 cm³/mol. The average molecular weight is 388 g/mol. The first-order chi connectivity index (χ1) is 14.2. The molecule has 0 bridgehead atoms. The van der Waals surface area contributed by atoms with Crippen LogP contribution in [0, 0.1) is 12.8 Å². The summed E-state index contributed by atoms with van der Waals surface area (Å²) in [7, 11) is 0. The summed E-state index contributed by atoms with van der Waals surface area (Å²) >= 11 is 0. The van der Waals surface area contributed by atoms with Crippen molar-refractivity contribution in [1.29, 1.82) is 0 Å². The smallest absolute Gasteiger partial charge is 0.253 e. The molecule has 29 heavy (non-hydrogen) atoms. The molecule has 2 aliphatic carbocycles. The molecule has 1 saturated carbocycles. The number of aliphatic hydroxyl groups is 1. The number of aromatic nitrogens is 4. The Morgan fingerprint density at radius 2 is 2.03 bits per heavy atom. The Kier molecular flexibility index (Phi) is 4.60. The summed E-state index contributed by atoms with van der Waals surface area (Å²) < 4.78 is 2.06. The second-order valence-electron chi connectivity index (χ2n) is 7.91. The second kappa shape index (κ2) is 7.40. The van der Waals surface area contributed by atoms with Crippen LogP contribution in [0.3, 0.4) is 0 Å². The Hall–Kier alpha value is -3.06. The molecule has 1 fully saturated rings. The number of anilines is 1. The number of nitrogens with one attached hydrogen (secondary N) is 1. The molecule has 7 heteroatoms. The zero-order valence-electron chi connectivity index (χ0n) is 16.4. The number of rotatable bonds is 6. The maximum Gasteiger partial charge on any atom is 0.253 e. The molecule has 0 radical (unpaired) electrons. The molecule has 2 heterocycles. The van der Waals surface area contributed by atoms with Gasteiger partial charge in [-0.25, -0.2) is 9.98 Å². The molecule has 7 nitrogen and oxygen atoms in total. The van der Waals surface area contributed by atoms with Crippen molar-refractivity contribution in [3.8, 4) is 0 Å². The Balaban J connectivity index is 1.52. The molecular formula is C22H24N6O. The van der Waals surface area contributed by atoms with Crippen LogP contribution in [0.2, 0.25) is 0 Å². The Labute approximate surface area is 169 Å². The minimum Gasteiger partial charge on any atom is -0.396 e. The maximum atomic E-state index is 9.45. The summed E-state index contributed by atoms with van der Waals surface area (Å²) in [5.74, 6) is 1.35. The maximum absolute atomic E-state index is 9.45. The van der Waals surface area contributed by atoms with Crippen molar-refractivity contribution in [2.75, 3.05) is 11.9 Å². The van der Waals surface area contributed by atoms with Crippen molar-refractivity contribution in [2.45, 2.75) is 38.3 Å². The lowest BCUT2D eigenvalue weighted by molar-refractivity contribution is 0.244. The van der Waals surface area contributed by atoms with Gasteiger partial charge in [0.25, 0.3) is 5.95 Å². The zero-order chi connectivity index (χ0) is 19.8. The molecule has 0 amide bonds. The molecule has 3 aromatic rings. The number of hydrogen-bond acceptors (Lipinski definition) is 6. The fraction of sp³-hybridized carbons (Fsp3) is 0.364.